The molecule has 0 spiro atoms. The van der Waals surface area contributed by atoms with E-state index in [1.807, 2.05) is 0 Å². The number of ether oxygens (including phenoxy) is 1. The van der Waals surface area contributed by atoms with Crippen molar-refractivity contribution in [2.75, 3.05) is 31.6 Å². The van der Waals surface area contributed by atoms with Crippen LogP contribution in [0.25, 0.3) is 0 Å². The van der Waals surface area contributed by atoms with Gasteiger partial charge in [-0.25, -0.2) is 4.79 Å². The summed E-state index contributed by atoms with van der Waals surface area (Å²) in [5.41, 5.74) is 0.655. The van der Waals surface area contributed by atoms with Crippen LogP contribution in [0.3, 0.4) is 0 Å². The van der Waals surface area contributed by atoms with Gasteiger partial charge in [-0.2, -0.15) is 0 Å². The van der Waals surface area contributed by atoms with E-state index in [-0.39, 0.29) is 18.0 Å². The minimum atomic E-state index is -0.186. The number of nitrogens with zero attached hydrogens (tertiary/aromatic N) is 2. The molecule has 1 saturated heterocycles. The molecule has 2 N–H and O–H groups in total. The van der Waals surface area contributed by atoms with Gasteiger partial charge < -0.3 is 20.3 Å². The molecule has 1 aliphatic heterocycles. The first-order valence-corrected chi connectivity index (χ1v) is 6.47. The van der Waals surface area contributed by atoms with Crippen LogP contribution in [0.5, 0.6) is 0 Å². The monoisotopic (exact) mass is 278 g/mol. The Kier molecular flexibility index (Phi) is 4.89. The smallest absolute Gasteiger partial charge is 0.322 e. The summed E-state index contributed by atoms with van der Waals surface area (Å²) in [5, 5.41) is 5.47. The molecule has 7 heteroatoms. The van der Waals surface area contributed by atoms with Gasteiger partial charge in [-0.15, -0.1) is 0 Å². The molecule has 2 heterocycles. The molecule has 1 atom stereocenters. The van der Waals surface area contributed by atoms with Crippen molar-refractivity contribution in [1.82, 2.24) is 15.2 Å². The lowest BCUT2D eigenvalue weighted by molar-refractivity contribution is -0.120. The number of anilines is 1. The number of amides is 3. The molecule has 0 saturated carbocycles. The largest absolute Gasteiger partial charge is 0.373 e. The molecule has 0 aliphatic carbocycles. The Morgan fingerprint density at radius 3 is 3.10 bits per heavy atom. The van der Waals surface area contributed by atoms with Crippen LogP contribution in [0, 0.1) is 0 Å². The minimum Gasteiger partial charge on any atom is -0.373 e. The third-order valence-corrected chi connectivity index (χ3v) is 2.92. The Bertz CT molecular complexity index is 466. The molecule has 1 aromatic heterocycles. The predicted molar refractivity (Wildman–Crippen MR) is 73.3 cm³/mol. The average Bonchev–Trinajstić information content (AvgIpc) is 2.46. The van der Waals surface area contributed by atoms with Crippen LogP contribution in [0.1, 0.15) is 6.92 Å². The van der Waals surface area contributed by atoms with Gasteiger partial charge in [-0.3, -0.25) is 9.78 Å². The number of nitrogens with one attached hydrogen (secondary N) is 2. The Morgan fingerprint density at radius 1 is 1.55 bits per heavy atom. The van der Waals surface area contributed by atoms with Crippen LogP contribution in [0.4, 0.5) is 10.5 Å². The second-order valence-corrected chi connectivity index (χ2v) is 4.55. The third-order valence-electron chi connectivity index (χ3n) is 2.92. The zero-order chi connectivity index (χ0) is 14.4. The van der Waals surface area contributed by atoms with Crippen LogP contribution in [-0.4, -0.2) is 54.2 Å². The van der Waals surface area contributed by atoms with Crippen LogP contribution >= 0.6 is 0 Å². The zero-order valence-electron chi connectivity index (χ0n) is 11.3. The number of carbonyl (C=O) groups is 2. The van der Waals surface area contributed by atoms with E-state index in [4.69, 9.17) is 4.74 Å². The lowest BCUT2D eigenvalue weighted by Crippen LogP contribution is -2.50. The van der Waals surface area contributed by atoms with Gasteiger partial charge in [0, 0.05) is 26.2 Å². The highest BCUT2D eigenvalue weighted by Crippen LogP contribution is 2.09. The first-order valence-electron chi connectivity index (χ1n) is 6.47. The first kappa shape index (κ1) is 14.3. The summed E-state index contributed by atoms with van der Waals surface area (Å²) in [6.45, 7) is 3.31. The summed E-state index contributed by atoms with van der Waals surface area (Å²) in [5.74, 6) is -0.106. The average molecular weight is 278 g/mol. The summed E-state index contributed by atoms with van der Waals surface area (Å²) in [6.07, 6.45) is 3.06. The molecule has 3 amide bonds. The van der Waals surface area contributed by atoms with Crippen molar-refractivity contribution in [2.45, 2.75) is 13.0 Å². The van der Waals surface area contributed by atoms with Crippen LogP contribution in [0.15, 0.2) is 24.5 Å². The van der Waals surface area contributed by atoms with Crippen LogP contribution in [0.2, 0.25) is 0 Å². The van der Waals surface area contributed by atoms with Crippen molar-refractivity contribution in [3.63, 3.8) is 0 Å². The topological polar surface area (TPSA) is 83.6 Å². The van der Waals surface area contributed by atoms with Gasteiger partial charge in [0.25, 0.3) is 0 Å². The third kappa shape index (κ3) is 4.20. The molecule has 20 heavy (non-hydrogen) atoms. The molecule has 2 rings (SSSR count). The SMILES string of the molecule is CC(=O)NC[C@@H]1CN(C(=O)Nc2cccnc2)CCO1. The maximum Gasteiger partial charge on any atom is 0.322 e. The Balaban J connectivity index is 1.85. The normalized spacial score (nSPS) is 18.4. The van der Waals surface area contributed by atoms with Crippen LogP contribution < -0.4 is 10.6 Å². The van der Waals surface area contributed by atoms with Crippen molar-refractivity contribution >= 4 is 17.6 Å². The maximum atomic E-state index is 12.1. The highest BCUT2D eigenvalue weighted by Gasteiger charge is 2.24. The maximum absolute atomic E-state index is 12.1. The highest BCUT2D eigenvalue weighted by atomic mass is 16.5. The van der Waals surface area contributed by atoms with E-state index in [0.717, 1.165) is 0 Å². The second kappa shape index (κ2) is 6.85. The van der Waals surface area contributed by atoms with Gasteiger partial charge in [0.05, 0.1) is 31.1 Å². The summed E-state index contributed by atoms with van der Waals surface area (Å²) >= 11 is 0. The fourth-order valence-electron chi connectivity index (χ4n) is 1.92. The van der Waals surface area contributed by atoms with E-state index in [1.54, 1.807) is 29.4 Å². The number of hydrogen-bond acceptors (Lipinski definition) is 4. The van der Waals surface area contributed by atoms with Crippen molar-refractivity contribution in [1.29, 1.82) is 0 Å². The lowest BCUT2D eigenvalue weighted by atomic mass is 10.2. The molecular weight excluding hydrogens is 260 g/mol. The van der Waals surface area contributed by atoms with E-state index in [9.17, 15) is 9.59 Å². The van der Waals surface area contributed by atoms with Gasteiger partial charge in [-0.05, 0) is 12.1 Å². The van der Waals surface area contributed by atoms with Gasteiger partial charge in [0.15, 0.2) is 0 Å². The quantitative estimate of drug-likeness (QED) is 0.841. The van der Waals surface area contributed by atoms with Crippen molar-refractivity contribution in [2.24, 2.45) is 0 Å². The molecule has 0 aromatic carbocycles. The molecule has 0 unspecified atom stereocenters. The molecule has 7 nitrogen and oxygen atoms in total. The number of carbonyl (C=O) groups excluding carboxylic acids is 2. The summed E-state index contributed by atoms with van der Waals surface area (Å²) in [7, 11) is 0. The predicted octanol–water partition coefficient (Wildman–Crippen LogP) is 0.450. The number of pyridine rings is 1. The van der Waals surface area contributed by atoms with E-state index >= 15 is 0 Å². The number of morpholine rings is 1. The summed E-state index contributed by atoms with van der Waals surface area (Å²) < 4.78 is 5.51. The van der Waals surface area contributed by atoms with Crippen molar-refractivity contribution < 1.29 is 14.3 Å². The Morgan fingerprint density at radius 2 is 2.40 bits per heavy atom. The molecule has 1 aromatic rings. The Hall–Kier alpha value is -2.15. The molecule has 1 aliphatic rings. The number of hydrogen-bond donors (Lipinski definition) is 2. The fraction of sp³-hybridized carbons (Fsp3) is 0.462. The minimum absolute atomic E-state index is 0.106. The van der Waals surface area contributed by atoms with E-state index < -0.39 is 0 Å². The summed E-state index contributed by atoms with van der Waals surface area (Å²) in [4.78, 5) is 28.6. The van der Waals surface area contributed by atoms with Crippen molar-refractivity contribution in [3.8, 4) is 0 Å². The highest BCUT2D eigenvalue weighted by molar-refractivity contribution is 5.89. The number of aromatic nitrogens is 1. The first-order chi connectivity index (χ1) is 9.65. The van der Waals surface area contributed by atoms with E-state index in [1.165, 1.54) is 6.92 Å². The van der Waals surface area contributed by atoms with E-state index in [2.05, 4.69) is 15.6 Å². The lowest BCUT2D eigenvalue weighted by Gasteiger charge is -2.32. The van der Waals surface area contributed by atoms with Gasteiger partial charge in [0.1, 0.15) is 0 Å². The number of urea groups is 1. The van der Waals surface area contributed by atoms with Gasteiger partial charge in [0.2, 0.25) is 5.91 Å². The molecule has 1 fully saturated rings. The van der Waals surface area contributed by atoms with E-state index in [0.29, 0.717) is 31.9 Å². The van der Waals surface area contributed by atoms with Gasteiger partial charge in [-0.1, -0.05) is 0 Å². The zero-order valence-corrected chi connectivity index (χ0v) is 11.3. The molecule has 0 radical (unpaired) electrons. The Labute approximate surface area is 117 Å². The number of rotatable bonds is 3. The molecular formula is C13H18N4O3. The van der Waals surface area contributed by atoms with Gasteiger partial charge >= 0.3 is 6.03 Å². The summed E-state index contributed by atoms with van der Waals surface area (Å²) in [6, 6.07) is 3.35. The van der Waals surface area contributed by atoms with Crippen molar-refractivity contribution in [3.05, 3.63) is 24.5 Å². The standard InChI is InChI=1S/C13H18N4O3/c1-10(18)15-8-12-9-17(5-6-20-12)13(19)16-11-3-2-4-14-7-11/h2-4,7,12H,5-6,8-9H2,1H3,(H,15,18)(H,16,19)/t12-/m1/s1. The molecule has 108 valence electrons. The molecule has 0 bridgehead atoms. The fourth-order valence-corrected chi connectivity index (χ4v) is 1.92. The second-order valence-electron chi connectivity index (χ2n) is 4.55. The van der Waals surface area contributed by atoms with Crippen LogP contribution in [-0.2, 0) is 9.53 Å².